The third kappa shape index (κ3) is 4.12. The minimum Gasteiger partial charge on any atom is -0.479 e. The van der Waals surface area contributed by atoms with Crippen LogP contribution in [0.5, 0.6) is 5.75 Å². The lowest BCUT2D eigenvalue weighted by Gasteiger charge is -2.33. The van der Waals surface area contributed by atoms with Crippen LogP contribution in [0.3, 0.4) is 0 Å². The molecule has 1 aromatic carbocycles. The number of carbonyl (C=O) groups excluding carboxylic acids is 2. The van der Waals surface area contributed by atoms with E-state index in [2.05, 4.69) is 6.92 Å². The molecule has 0 aliphatic carbocycles. The van der Waals surface area contributed by atoms with E-state index in [1.54, 1.807) is 13.0 Å². The van der Waals surface area contributed by atoms with E-state index in [0.717, 1.165) is 24.9 Å². The number of hydrogen-bond donors (Lipinski definition) is 0. The summed E-state index contributed by atoms with van der Waals surface area (Å²) < 4.78 is 5.73. The number of benzene rings is 1. The normalized spacial score (nSPS) is 16.9. The van der Waals surface area contributed by atoms with E-state index in [-0.39, 0.29) is 11.7 Å². The van der Waals surface area contributed by atoms with Crippen molar-refractivity contribution < 1.29 is 14.3 Å². The molecule has 0 radical (unpaired) electrons. The number of ketones is 1. The Morgan fingerprint density at radius 1 is 1.17 bits per heavy atom. The van der Waals surface area contributed by atoms with Gasteiger partial charge in [0.2, 0.25) is 0 Å². The van der Waals surface area contributed by atoms with Crippen LogP contribution in [-0.2, 0) is 4.79 Å². The molecule has 1 amide bonds. The molecule has 1 heterocycles. The van der Waals surface area contributed by atoms with Crippen LogP contribution in [0.2, 0.25) is 0 Å². The molecule has 4 heteroatoms. The monoisotopic (exact) mass is 317 g/mol. The first-order chi connectivity index (χ1) is 11.1. The number of nitrogens with zero attached hydrogens (tertiary/aromatic N) is 1. The summed E-state index contributed by atoms with van der Waals surface area (Å²) >= 11 is 0. The summed E-state index contributed by atoms with van der Waals surface area (Å²) in [5, 5.41) is 0. The molecule has 0 aromatic heterocycles. The summed E-state index contributed by atoms with van der Waals surface area (Å²) in [6.07, 6.45) is 5.34. The summed E-state index contributed by atoms with van der Waals surface area (Å²) in [5.41, 5.74) is 1.45. The Morgan fingerprint density at radius 2 is 1.96 bits per heavy atom. The summed E-state index contributed by atoms with van der Waals surface area (Å²) in [6, 6.07) is 5.44. The molecule has 23 heavy (non-hydrogen) atoms. The Bertz CT molecular complexity index is 568. The zero-order chi connectivity index (χ0) is 16.8. The zero-order valence-corrected chi connectivity index (χ0v) is 14.4. The Kier molecular flexibility index (Phi) is 6.20. The number of hydrogen-bond acceptors (Lipinski definition) is 3. The SMILES string of the molecule is CCCCCCN1C(=O)C(C)Oc2cc(C(=O)CCC)ccc21. The molecule has 0 spiro atoms. The second-order valence-electron chi connectivity index (χ2n) is 6.17. The van der Waals surface area contributed by atoms with Crippen molar-refractivity contribution in [3.63, 3.8) is 0 Å². The molecular formula is C19H27NO3. The maximum Gasteiger partial charge on any atom is 0.267 e. The standard InChI is InChI=1S/C19H27NO3/c1-4-6-7-8-12-20-16-11-10-15(17(21)9-5-2)13-18(16)23-14(3)19(20)22/h10-11,13-14H,4-9,12H2,1-3H3. The summed E-state index contributed by atoms with van der Waals surface area (Å²) in [5.74, 6) is 0.772. The highest BCUT2D eigenvalue weighted by atomic mass is 16.5. The quantitative estimate of drug-likeness (QED) is 0.528. The highest BCUT2D eigenvalue weighted by Crippen LogP contribution is 2.35. The third-order valence-corrected chi connectivity index (χ3v) is 4.20. The Labute approximate surface area is 138 Å². The number of rotatable bonds is 8. The predicted molar refractivity (Wildman–Crippen MR) is 92.3 cm³/mol. The van der Waals surface area contributed by atoms with Gasteiger partial charge in [-0.1, -0.05) is 33.1 Å². The van der Waals surface area contributed by atoms with Gasteiger partial charge in [0.25, 0.3) is 5.91 Å². The molecule has 1 aromatic rings. The van der Waals surface area contributed by atoms with Crippen LogP contribution in [0.4, 0.5) is 5.69 Å². The summed E-state index contributed by atoms with van der Waals surface area (Å²) in [4.78, 5) is 26.3. The fourth-order valence-electron chi connectivity index (χ4n) is 2.88. The molecule has 126 valence electrons. The lowest BCUT2D eigenvalue weighted by Crippen LogP contribution is -2.44. The van der Waals surface area contributed by atoms with Crippen molar-refractivity contribution >= 4 is 17.4 Å². The largest absolute Gasteiger partial charge is 0.479 e. The first-order valence-electron chi connectivity index (χ1n) is 8.73. The number of amides is 1. The number of carbonyl (C=O) groups is 2. The van der Waals surface area contributed by atoms with Crippen LogP contribution in [0.25, 0.3) is 0 Å². The molecule has 2 rings (SSSR count). The average Bonchev–Trinajstić information content (AvgIpc) is 2.54. The Morgan fingerprint density at radius 3 is 2.65 bits per heavy atom. The number of unbranched alkanes of at least 4 members (excludes halogenated alkanes) is 3. The highest BCUT2D eigenvalue weighted by molar-refractivity contribution is 6.02. The summed E-state index contributed by atoms with van der Waals surface area (Å²) in [7, 11) is 0. The maximum absolute atomic E-state index is 12.4. The third-order valence-electron chi connectivity index (χ3n) is 4.20. The van der Waals surface area contributed by atoms with Crippen molar-refractivity contribution in [2.45, 2.75) is 65.4 Å². The summed E-state index contributed by atoms with van der Waals surface area (Å²) in [6.45, 7) is 6.64. The maximum atomic E-state index is 12.4. The molecule has 0 bridgehead atoms. The smallest absolute Gasteiger partial charge is 0.267 e. The molecule has 0 N–H and O–H groups in total. The van der Waals surface area contributed by atoms with Crippen LogP contribution >= 0.6 is 0 Å². The number of anilines is 1. The van der Waals surface area contributed by atoms with E-state index < -0.39 is 6.10 Å². The zero-order valence-electron chi connectivity index (χ0n) is 14.4. The van der Waals surface area contributed by atoms with Gasteiger partial charge < -0.3 is 9.64 Å². The van der Waals surface area contributed by atoms with Gasteiger partial charge in [0.05, 0.1) is 5.69 Å². The van der Waals surface area contributed by atoms with E-state index in [1.165, 1.54) is 12.8 Å². The van der Waals surface area contributed by atoms with Gasteiger partial charge in [-0.3, -0.25) is 9.59 Å². The Hall–Kier alpha value is -1.84. The van der Waals surface area contributed by atoms with Gasteiger partial charge in [-0.15, -0.1) is 0 Å². The van der Waals surface area contributed by atoms with Gasteiger partial charge in [0, 0.05) is 18.5 Å². The molecule has 0 saturated heterocycles. The van der Waals surface area contributed by atoms with E-state index in [9.17, 15) is 9.59 Å². The molecule has 1 aliphatic rings. The minimum absolute atomic E-state index is 0.00151. The molecule has 0 saturated carbocycles. The minimum atomic E-state index is -0.495. The highest BCUT2D eigenvalue weighted by Gasteiger charge is 2.31. The van der Waals surface area contributed by atoms with E-state index in [0.29, 0.717) is 24.3 Å². The van der Waals surface area contributed by atoms with Crippen LogP contribution in [0, 0.1) is 0 Å². The fraction of sp³-hybridized carbons (Fsp3) is 0.579. The van der Waals surface area contributed by atoms with Crippen molar-refractivity contribution in [3.8, 4) is 5.75 Å². The average molecular weight is 317 g/mol. The second-order valence-corrected chi connectivity index (χ2v) is 6.17. The molecule has 4 nitrogen and oxygen atoms in total. The molecule has 1 aliphatic heterocycles. The molecular weight excluding hydrogens is 290 g/mol. The fourth-order valence-corrected chi connectivity index (χ4v) is 2.88. The van der Waals surface area contributed by atoms with E-state index in [1.807, 2.05) is 24.0 Å². The van der Waals surface area contributed by atoms with Gasteiger partial charge in [0.15, 0.2) is 11.9 Å². The van der Waals surface area contributed by atoms with Crippen LogP contribution in [0.15, 0.2) is 18.2 Å². The second kappa shape index (κ2) is 8.14. The van der Waals surface area contributed by atoms with E-state index >= 15 is 0 Å². The van der Waals surface area contributed by atoms with Crippen LogP contribution in [0.1, 0.15) is 69.7 Å². The van der Waals surface area contributed by atoms with Gasteiger partial charge in [-0.25, -0.2) is 0 Å². The predicted octanol–water partition coefficient (Wildman–Crippen LogP) is 4.36. The molecule has 0 fully saturated rings. The molecule has 1 atom stereocenters. The van der Waals surface area contributed by atoms with Crippen molar-refractivity contribution in [1.29, 1.82) is 0 Å². The number of fused-ring (bicyclic) bond motifs is 1. The number of Topliss-reactive ketones (excluding diaryl/α,β-unsaturated/α-hetero) is 1. The van der Waals surface area contributed by atoms with Crippen LogP contribution in [-0.4, -0.2) is 24.3 Å². The number of ether oxygens (including phenoxy) is 1. The first-order valence-corrected chi connectivity index (χ1v) is 8.73. The van der Waals surface area contributed by atoms with Crippen molar-refractivity contribution in [2.24, 2.45) is 0 Å². The van der Waals surface area contributed by atoms with E-state index in [4.69, 9.17) is 4.74 Å². The molecule has 1 unspecified atom stereocenters. The van der Waals surface area contributed by atoms with Gasteiger partial charge >= 0.3 is 0 Å². The van der Waals surface area contributed by atoms with Gasteiger partial charge in [-0.2, -0.15) is 0 Å². The lowest BCUT2D eigenvalue weighted by atomic mass is 10.0. The van der Waals surface area contributed by atoms with Crippen molar-refractivity contribution in [2.75, 3.05) is 11.4 Å². The Balaban J connectivity index is 2.19. The topological polar surface area (TPSA) is 46.6 Å². The lowest BCUT2D eigenvalue weighted by molar-refractivity contribution is -0.125. The van der Waals surface area contributed by atoms with Crippen molar-refractivity contribution in [1.82, 2.24) is 0 Å². The van der Waals surface area contributed by atoms with Crippen LogP contribution < -0.4 is 9.64 Å². The van der Waals surface area contributed by atoms with Gasteiger partial charge in [-0.05, 0) is 38.0 Å². The van der Waals surface area contributed by atoms with Gasteiger partial charge in [0.1, 0.15) is 5.75 Å². The van der Waals surface area contributed by atoms with Crippen molar-refractivity contribution in [3.05, 3.63) is 23.8 Å². The first kappa shape index (κ1) is 17.5.